The summed E-state index contributed by atoms with van der Waals surface area (Å²) in [5.41, 5.74) is 7.42. The number of thioether (sulfide) groups is 1. The van der Waals surface area contributed by atoms with Crippen LogP contribution in [0.1, 0.15) is 12.0 Å². The lowest BCUT2D eigenvalue weighted by molar-refractivity contribution is -0.124. The van der Waals surface area contributed by atoms with E-state index in [-0.39, 0.29) is 23.5 Å². The predicted molar refractivity (Wildman–Crippen MR) is 63.0 cm³/mol. The van der Waals surface area contributed by atoms with Crippen molar-refractivity contribution in [2.75, 3.05) is 5.73 Å². The van der Waals surface area contributed by atoms with Gasteiger partial charge in [0.25, 0.3) is 0 Å². The van der Waals surface area contributed by atoms with Crippen LogP contribution in [0, 0.1) is 6.92 Å². The normalized spacial score (nSPS) is 19.9. The van der Waals surface area contributed by atoms with Crippen molar-refractivity contribution in [1.82, 2.24) is 5.32 Å². The second kappa shape index (κ2) is 4.17. The molecular weight excluding hydrogens is 224 g/mol. The predicted octanol–water partition coefficient (Wildman–Crippen LogP) is 1.08. The zero-order chi connectivity index (χ0) is 11.7. The molecule has 1 aromatic rings. The van der Waals surface area contributed by atoms with Crippen LogP contribution in [0.25, 0.3) is 0 Å². The Balaban J connectivity index is 2.12. The molecule has 0 aliphatic carbocycles. The smallest absolute Gasteiger partial charge is 0.240 e. The maximum atomic E-state index is 11.4. The first-order valence-electron chi connectivity index (χ1n) is 4.93. The van der Waals surface area contributed by atoms with Gasteiger partial charge in [-0.1, -0.05) is 0 Å². The number of benzene rings is 1. The summed E-state index contributed by atoms with van der Waals surface area (Å²) in [6.45, 7) is 1.92. The molecule has 84 valence electrons. The summed E-state index contributed by atoms with van der Waals surface area (Å²) in [4.78, 5) is 23.3. The molecule has 2 amide bonds. The van der Waals surface area contributed by atoms with Gasteiger partial charge in [0.15, 0.2) is 0 Å². The first-order valence-corrected chi connectivity index (χ1v) is 5.80. The van der Waals surface area contributed by atoms with E-state index in [9.17, 15) is 9.59 Å². The Labute approximate surface area is 97.6 Å². The van der Waals surface area contributed by atoms with Crippen molar-refractivity contribution in [3.8, 4) is 0 Å². The molecule has 3 N–H and O–H groups in total. The Hall–Kier alpha value is -1.49. The molecule has 0 saturated carbocycles. The summed E-state index contributed by atoms with van der Waals surface area (Å²) >= 11 is 1.40. The van der Waals surface area contributed by atoms with Crippen LogP contribution >= 0.6 is 11.8 Å². The SMILES string of the molecule is Cc1cc(SC2CC(=O)NC2=O)ccc1N. The number of amides is 2. The van der Waals surface area contributed by atoms with Gasteiger partial charge in [-0.3, -0.25) is 14.9 Å². The summed E-state index contributed by atoms with van der Waals surface area (Å²) < 4.78 is 0. The van der Waals surface area contributed by atoms with Gasteiger partial charge in [0.2, 0.25) is 11.8 Å². The Kier molecular flexibility index (Phi) is 2.87. The van der Waals surface area contributed by atoms with Crippen molar-refractivity contribution in [3.05, 3.63) is 23.8 Å². The number of nitrogen functional groups attached to an aromatic ring is 1. The Morgan fingerprint density at radius 2 is 2.19 bits per heavy atom. The van der Waals surface area contributed by atoms with E-state index < -0.39 is 0 Å². The lowest BCUT2D eigenvalue weighted by Gasteiger charge is -2.07. The molecule has 0 aromatic heterocycles. The van der Waals surface area contributed by atoms with Crippen LogP contribution in [0.3, 0.4) is 0 Å². The average molecular weight is 236 g/mol. The number of anilines is 1. The summed E-state index contributed by atoms with van der Waals surface area (Å²) in [7, 11) is 0. The number of carbonyl (C=O) groups is 2. The molecule has 1 fully saturated rings. The molecule has 1 aromatic carbocycles. The van der Waals surface area contributed by atoms with Crippen molar-refractivity contribution in [1.29, 1.82) is 0 Å². The van der Waals surface area contributed by atoms with Crippen LogP contribution in [-0.4, -0.2) is 17.1 Å². The van der Waals surface area contributed by atoms with E-state index in [2.05, 4.69) is 5.32 Å². The molecule has 1 aliphatic heterocycles. The van der Waals surface area contributed by atoms with E-state index in [1.165, 1.54) is 11.8 Å². The molecule has 0 bridgehead atoms. The average Bonchev–Trinajstić information content (AvgIpc) is 2.51. The molecule has 16 heavy (non-hydrogen) atoms. The highest BCUT2D eigenvalue weighted by atomic mass is 32.2. The Morgan fingerprint density at radius 1 is 1.44 bits per heavy atom. The first kappa shape index (κ1) is 11.0. The minimum absolute atomic E-state index is 0.199. The molecule has 4 nitrogen and oxygen atoms in total. The summed E-state index contributed by atoms with van der Waals surface area (Å²) in [6.07, 6.45) is 0.257. The molecular formula is C11H12N2O2S. The number of hydrogen-bond donors (Lipinski definition) is 2. The topological polar surface area (TPSA) is 72.2 Å². The van der Waals surface area contributed by atoms with Crippen LogP contribution in [-0.2, 0) is 9.59 Å². The van der Waals surface area contributed by atoms with Crippen LogP contribution in [0.15, 0.2) is 23.1 Å². The van der Waals surface area contributed by atoms with Gasteiger partial charge in [0, 0.05) is 17.0 Å². The number of carbonyl (C=O) groups excluding carboxylic acids is 2. The van der Waals surface area contributed by atoms with Gasteiger partial charge in [0.05, 0.1) is 5.25 Å². The number of nitrogens with one attached hydrogen (secondary N) is 1. The molecule has 0 radical (unpaired) electrons. The van der Waals surface area contributed by atoms with E-state index in [0.717, 1.165) is 16.1 Å². The van der Waals surface area contributed by atoms with Crippen molar-refractivity contribution in [2.45, 2.75) is 23.5 Å². The summed E-state index contributed by atoms with van der Waals surface area (Å²) in [5.74, 6) is -0.404. The lowest BCUT2D eigenvalue weighted by Crippen LogP contribution is -2.22. The minimum atomic E-state index is -0.310. The van der Waals surface area contributed by atoms with Crippen molar-refractivity contribution < 1.29 is 9.59 Å². The maximum Gasteiger partial charge on any atom is 0.240 e. The number of aryl methyl sites for hydroxylation is 1. The monoisotopic (exact) mass is 236 g/mol. The van der Waals surface area contributed by atoms with Crippen LogP contribution in [0.2, 0.25) is 0 Å². The fourth-order valence-corrected chi connectivity index (χ4v) is 2.63. The zero-order valence-electron chi connectivity index (χ0n) is 8.82. The van der Waals surface area contributed by atoms with Gasteiger partial charge >= 0.3 is 0 Å². The molecule has 2 rings (SSSR count). The van der Waals surface area contributed by atoms with E-state index in [4.69, 9.17) is 5.73 Å². The standard InChI is InChI=1S/C11H12N2O2S/c1-6-4-7(2-3-8(6)12)16-9-5-10(14)13-11(9)15/h2-4,9H,5,12H2,1H3,(H,13,14,15). The molecule has 1 atom stereocenters. The summed E-state index contributed by atoms with van der Waals surface area (Å²) in [5, 5.41) is 1.98. The van der Waals surface area contributed by atoms with Crippen LogP contribution in [0.4, 0.5) is 5.69 Å². The molecule has 5 heteroatoms. The number of imide groups is 1. The van der Waals surface area contributed by atoms with E-state index in [1.54, 1.807) is 0 Å². The largest absolute Gasteiger partial charge is 0.399 e. The highest BCUT2D eigenvalue weighted by molar-refractivity contribution is 8.00. The van der Waals surface area contributed by atoms with Gasteiger partial charge in [-0.2, -0.15) is 0 Å². The third-order valence-corrected chi connectivity index (χ3v) is 3.64. The van der Waals surface area contributed by atoms with Gasteiger partial charge in [-0.15, -0.1) is 11.8 Å². The Bertz CT molecular complexity index is 459. The second-order valence-corrected chi connectivity index (χ2v) is 5.02. The van der Waals surface area contributed by atoms with Crippen LogP contribution in [0.5, 0.6) is 0 Å². The van der Waals surface area contributed by atoms with Crippen molar-refractivity contribution >= 4 is 29.3 Å². The fourth-order valence-electron chi connectivity index (χ4n) is 1.51. The third-order valence-electron chi connectivity index (χ3n) is 2.45. The Morgan fingerprint density at radius 3 is 2.75 bits per heavy atom. The van der Waals surface area contributed by atoms with E-state index in [0.29, 0.717) is 0 Å². The van der Waals surface area contributed by atoms with Crippen molar-refractivity contribution in [2.24, 2.45) is 0 Å². The van der Waals surface area contributed by atoms with Gasteiger partial charge in [0.1, 0.15) is 0 Å². The highest BCUT2D eigenvalue weighted by Gasteiger charge is 2.31. The number of rotatable bonds is 2. The number of hydrogen-bond acceptors (Lipinski definition) is 4. The van der Waals surface area contributed by atoms with E-state index in [1.807, 2.05) is 25.1 Å². The fraction of sp³-hybridized carbons (Fsp3) is 0.273. The first-order chi connectivity index (χ1) is 7.56. The summed E-state index contributed by atoms with van der Waals surface area (Å²) in [6, 6.07) is 5.60. The number of nitrogens with two attached hydrogens (primary N) is 1. The molecule has 0 spiro atoms. The zero-order valence-corrected chi connectivity index (χ0v) is 9.64. The van der Waals surface area contributed by atoms with Gasteiger partial charge in [-0.05, 0) is 30.7 Å². The molecule has 1 heterocycles. The van der Waals surface area contributed by atoms with Gasteiger partial charge in [-0.25, -0.2) is 0 Å². The molecule has 1 saturated heterocycles. The molecule has 1 aliphatic rings. The quantitative estimate of drug-likeness (QED) is 0.595. The minimum Gasteiger partial charge on any atom is -0.399 e. The maximum absolute atomic E-state index is 11.4. The van der Waals surface area contributed by atoms with Gasteiger partial charge < -0.3 is 5.73 Å². The molecule has 1 unspecified atom stereocenters. The highest BCUT2D eigenvalue weighted by Crippen LogP contribution is 2.29. The van der Waals surface area contributed by atoms with Crippen LogP contribution < -0.4 is 11.1 Å². The lowest BCUT2D eigenvalue weighted by atomic mass is 10.2. The van der Waals surface area contributed by atoms with Crippen molar-refractivity contribution in [3.63, 3.8) is 0 Å². The third kappa shape index (κ3) is 2.19. The second-order valence-electron chi connectivity index (χ2n) is 3.74. The van der Waals surface area contributed by atoms with E-state index >= 15 is 0 Å².